The van der Waals surface area contributed by atoms with Crippen LogP contribution in [-0.2, 0) is 32.7 Å². The quantitative estimate of drug-likeness (QED) is 0.123. The lowest BCUT2D eigenvalue weighted by Gasteiger charge is -2.12. The van der Waals surface area contributed by atoms with E-state index in [2.05, 4.69) is 0 Å². The highest BCUT2D eigenvalue weighted by molar-refractivity contribution is 7.47. The number of phosphoric ester groups is 1. The topological polar surface area (TPSA) is 108 Å². The van der Waals surface area contributed by atoms with Gasteiger partial charge in [0.2, 0.25) is 0 Å². The maximum Gasteiger partial charge on any atom is 0.472 e. The molecule has 0 rings (SSSR count). The Morgan fingerprint density at radius 3 is 1.32 bits per heavy atom. The van der Waals surface area contributed by atoms with Gasteiger partial charge in [0.1, 0.15) is 0 Å². The van der Waals surface area contributed by atoms with Gasteiger partial charge in [-0.15, -0.1) is 0 Å². The summed E-state index contributed by atoms with van der Waals surface area (Å²) >= 11 is 0. The zero-order valence-electron chi connectivity index (χ0n) is 19.5. The summed E-state index contributed by atoms with van der Waals surface area (Å²) in [6.45, 7) is 5.23. The number of phosphoric acid groups is 1. The first-order valence-corrected chi connectivity index (χ1v) is 13.3. The molecular weight excluding hydrogens is 423 g/mol. The highest BCUT2D eigenvalue weighted by atomic mass is 31.2. The summed E-state index contributed by atoms with van der Waals surface area (Å²) in [5.41, 5.74) is 0. The molecule has 0 aromatic carbocycles. The molecule has 0 unspecified atom stereocenters. The van der Waals surface area contributed by atoms with Crippen molar-refractivity contribution < 1.29 is 37.6 Å². The predicted octanol–water partition coefficient (Wildman–Crippen LogP) is 5.71. The van der Waals surface area contributed by atoms with Crippen LogP contribution in [0, 0.1) is 0 Å². The van der Waals surface area contributed by atoms with Crippen LogP contribution in [0.4, 0.5) is 0 Å². The normalized spacial score (nSPS) is 11.5. The Morgan fingerprint density at radius 1 is 0.613 bits per heavy atom. The van der Waals surface area contributed by atoms with Gasteiger partial charge in [-0.25, -0.2) is 4.57 Å². The number of ether oxygens (including phenoxy) is 2. The average molecular weight is 467 g/mol. The van der Waals surface area contributed by atoms with Crippen LogP contribution >= 0.6 is 7.82 Å². The first-order valence-electron chi connectivity index (χ1n) is 11.8. The van der Waals surface area contributed by atoms with Gasteiger partial charge < -0.3 is 14.4 Å². The highest BCUT2D eigenvalue weighted by Crippen LogP contribution is 2.43. The highest BCUT2D eigenvalue weighted by Gasteiger charge is 2.19. The number of hydrogen-bond acceptors (Lipinski definition) is 7. The Labute approximate surface area is 188 Å². The molecule has 184 valence electrons. The summed E-state index contributed by atoms with van der Waals surface area (Å²) < 4.78 is 32.0. The van der Waals surface area contributed by atoms with Crippen LogP contribution in [0.2, 0.25) is 0 Å². The fourth-order valence-electron chi connectivity index (χ4n) is 2.67. The fourth-order valence-corrected chi connectivity index (χ4v) is 3.47. The smallest absolute Gasteiger partial charge is 0.466 e. The van der Waals surface area contributed by atoms with Crippen LogP contribution in [0.25, 0.3) is 0 Å². The molecule has 0 aliphatic rings. The molecule has 0 saturated carbocycles. The third-order valence-corrected chi connectivity index (χ3v) is 5.60. The predicted molar refractivity (Wildman–Crippen MR) is 120 cm³/mol. The lowest BCUT2D eigenvalue weighted by Crippen LogP contribution is -2.05. The summed E-state index contributed by atoms with van der Waals surface area (Å²) in [6.07, 6.45) is 10.9. The van der Waals surface area contributed by atoms with E-state index >= 15 is 0 Å². The molecule has 0 heterocycles. The summed E-state index contributed by atoms with van der Waals surface area (Å²) in [5.74, 6) is -0.288. The van der Waals surface area contributed by atoms with E-state index in [9.17, 15) is 19.0 Å². The van der Waals surface area contributed by atoms with Crippen molar-refractivity contribution in [3.8, 4) is 0 Å². The molecule has 0 aliphatic heterocycles. The van der Waals surface area contributed by atoms with E-state index in [1.165, 1.54) is 0 Å². The minimum atomic E-state index is -4.00. The lowest BCUT2D eigenvalue weighted by atomic mass is 10.2. The van der Waals surface area contributed by atoms with Gasteiger partial charge in [-0.2, -0.15) is 0 Å². The second-order valence-electron chi connectivity index (χ2n) is 7.61. The van der Waals surface area contributed by atoms with Gasteiger partial charge in [0.05, 0.1) is 26.4 Å². The van der Waals surface area contributed by atoms with Crippen LogP contribution in [0.3, 0.4) is 0 Å². The van der Waals surface area contributed by atoms with Gasteiger partial charge in [0, 0.05) is 12.8 Å². The van der Waals surface area contributed by atoms with Gasteiger partial charge in [-0.3, -0.25) is 18.6 Å². The SMILES string of the molecule is CCCCC(=O)OCCCCCCOP(=O)(O)OCCCCCCOC(=O)CCCC. The molecule has 0 fully saturated rings. The van der Waals surface area contributed by atoms with Crippen LogP contribution in [0.1, 0.15) is 104 Å². The Kier molecular flexibility index (Phi) is 20.3. The summed E-state index contributed by atoms with van der Waals surface area (Å²) in [7, 11) is -4.00. The minimum absolute atomic E-state index is 0.144. The minimum Gasteiger partial charge on any atom is -0.466 e. The maximum atomic E-state index is 11.8. The molecule has 0 aliphatic carbocycles. The molecule has 9 heteroatoms. The molecule has 0 aromatic heterocycles. The Morgan fingerprint density at radius 2 is 0.968 bits per heavy atom. The second kappa shape index (κ2) is 20.9. The van der Waals surface area contributed by atoms with Crippen molar-refractivity contribution in [3.63, 3.8) is 0 Å². The van der Waals surface area contributed by atoms with Crippen molar-refractivity contribution in [1.29, 1.82) is 0 Å². The van der Waals surface area contributed by atoms with Gasteiger partial charge in [-0.05, 0) is 51.4 Å². The Balaban J connectivity index is 3.46. The van der Waals surface area contributed by atoms with E-state index in [0.717, 1.165) is 64.2 Å². The molecule has 0 saturated heterocycles. The van der Waals surface area contributed by atoms with Gasteiger partial charge >= 0.3 is 19.8 Å². The van der Waals surface area contributed by atoms with Crippen molar-refractivity contribution >= 4 is 19.8 Å². The Bertz CT molecular complexity index is 458. The number of carbonyl (C=O) groups excluding carboxylic acids is 2. The lowest BCUT2D eigenvalue weighted by molar-refractivity contribution is -0.144. The van der Waals surface area contributed by atoms with Gasteiger partial charge in [0.15, 0.2) is 0 Å². The molecule has 31 heavy (non-hydrogen) atoms. The van der Waals surface area contributed by atoms with Crippen molar-refractivity contribution in [2.24, 2.45) is 0 Å². The van der Waals surface area contributed by atoms with E-state index in [-0.39, 0.29) is 25.2 Å². The number of carbonyl (C=O) groups is 2. The van der Waals surface area contributed by atoms with E-state index in [4.69, 9.17) is 18.5 Å². The number of esters is 2. The van der Waals surface area contributed by atoms with E-state index in [0.29, 0.717) is 38.9 Å². The van der Waals surface area contributed by atoms with Crippen molar-refractivity contribution in [1.82, 2.24) is 0 Å². The first kappa shape index (κ1) is 30.0. The third kappa shape index (κ3) is 22.0. The standard InChI is InChI=1S/C22H43O8P/c1-3-5-15-21(23)27-17-11-7-9-13-19-29-31(25,26)30-20-14-10-8-12-18-28-22(24)16-6-4-2/h3-20H2,1-2H3,(H,25,26). The van der Waals surface area contributed by atoms with Crippen LogP contribution < -0.4 is 0 Å². The van der Waals surface area contributed by atoms with E-state index < -0.39 is 7.82 Å². The summed E-state index contributed by atoms with van der Waals surface area (Å²) in [6, 6.07) is 0. The largest absolute Gasteiger partial charge is 0.472 e. The molecule has 8 nitrogen and oxygen atoms in total. The molecule has 0 spiro atoms. The third-order valence-electron chi connectivity index (χ3n) is 4.58. The van der Waals surface area contributed by atoms with Crippen LogP contribution in [-0.4, -0.2) is 43.3 Å². The summed E-state index contributed by atoms with van der Waals surface area (Å²) in [4.78, 5) is 32.3. The number of unbranched alkanes of at least 4 members (excludes halogenated alkanes) is 8. The molecular formula is C22H43O8P. The molecule has 0 bridgehead atoms. The first-order chi connectivity index (χ1) is 14.9. The Hall–Kier alpha value is -0.950. The molecule has 0 aromatic rings. The number of hydrogen-bond donors (Lipinski definition) is 1. The monoisotopic (exact) mass is 466 g/mol. The average Bonchev–Trinajstić information content (AvgIpc) is 2.74. The summed E-state index contributed by atoms with van der Waals surface area (Å²) in [5, 5.41) is 0. The van der Waals surface area contributed by atoms with E-state index in [1.807, 2.05) is 13.8 Å². The number of rotatable bonds is 22. The zero-order chi connectivity index (χ0) is 23.2. The van der Waals surface area contributed by atoms with Crippen molar-refractivity contribution in [2.75, 3.05) is 26.4 Å². The van der Waals surface area contributed by atoms with Gasteiger partial charge in [-0.1, -0.05) is 39.5 Å². The van der Waals surface area contributed by atoms with Crippen molar-refractivity contribution in [3.05, 3.63) is 0 Å². The molecule has 1 N–H and O–H groups in total. The van der Waals surface area contributed by atoms with Crippen LogP contribution in [0.15, 0.2) is 0 Å². The molecule has 0 atom stereocenters. The van der Waals surface area contributed by atoms with E-state index in [1.54, 1.807) is 0 Å². The van der Waals surface area contributed by atoms with Crippen LogP contribution in [0.5, 0.6) is 0 Å². The van der Waals surface area contributed by atoms with Gasteiger partial charge in [0.25, 0.3) is 0 Å². The maximum absolute atomic E-state index is 11.8. The molecule has 0 radical (unpaired) electrons. The fraction of sp³-hybridized carbons (Fsp3) is 0.909. The zero-order valence-corrected chi connectivity index (χ0v) is 20.4. The van der Waals surface area contributed by atoms with Crippen molar-refractivity contribution in [2.45, 2.75) is 104 Å². The molecule has 0 amide bonds. The second-order valence-corrected chi connectivity index (χ2v) is 9.06.